The maximum atomic E-state index is 10.5. The van der Waals surface area contributed by atoms with E-state index in [0.717, 1.165) is 38.0 Å². The maximum absolute atomic E-state index is 10.5. The van der Waals surface area contributed by atoms with Gasteiger partial charge in [0.15, 0.2) is 0 Å². The highest BCUT2D eigenvalue weighted by atomic mass is 32.1. The number of nitrogens with zero attached hydrogens (tertiary/aromatic N) is 1. The molecule has 1 atom stereocenters. The molecule has 2 heterocycles. The van der Waals surface area contributed by atoms with Gasteiger partial charge in [-0.2, -0.15) is 11.3 Å². The summed E-state index contributed by atoms with van der Waals surface area (Å²) in [5.41, 5.74) is 2.47. The van der Waals surface area contributed by atoms with Crippen LogP contribution in [0.15, 0.2) is 47.2 Å². The Kier molecular flexibility index (Phi) is 4.51. The number of aliphatic hydroxyl groups excluding tert-OH is 1. The summed E-state index contributed by atoms with van der Waals surface area (Å²) in [5.74, 6) is 0.399. The molecular formula is C17H21NOS. The number of hydrogen-bond donors (Lipinski definition) is 1. The Balaban J connectivity index is 1.53. The van der Waals surface area contributed by atoms with Crippen LogP contribution < -0.4 is 0 Å². The molecule has 1 fully saturated rings. The number of hydrogen-bond acceptors (Lipinski definition) is 3. The molecule has 0 amide bonds. The third-order valence-electron chi connectivity index (χ3n) is 4.21. The van der Waals surface area contributed by atoms with E-state index in [1.165, 1.54) is 5.56 Å². The van der Waals surface area contributed by atoms with Gasteiger partial charge in [0.1, 0.15) is 0 Å². The minimum absolute atomic E-state index is 0.306. The Morgan fingerprint density at radius 3 is 2.55 bits per heavy atom. The summed E-state index contributed by atoms with van der Waals surface area (Å²) in [6, 6.07) is 12.3. The Morgan fingerprint density at radius 1 is 1.15 bits per heavy atom. The van der Waals surface area contributed by atoms with Crippen molar-refractivity contribution < 1.29 is 5.11 Å². The Hall–Kier alpha value is -1.16. The van der Waals surface area contributed by atoms with E-state index >= 15 is 0 Å². The van der Waals surface area contributed by atoms with Crippen molar-refractivity contribution in [1.29, 1.82) is 0 Å². The quantitative estimate of drug-likeness (QED) is 0.927. The lowest BCUT2D eigenvalue weighted by Crippen LogP contribution is -2.35. The third kappa shape index (κ3) is 3.29. The molecule has 1 aromatic heterocycles. The molecule has 3 heteroatoms. The first kappa shape index (κ1) is 13.8. The van der Waals surface area contributed by atoms with E-state index in [0.29, 0.717) is 5.92 Å². The lowest BCUT2D eigenvalue weighted by molar-refractivity contribution is 0.0568. The lowest BCUT2D eigenvalue weighted by atomic mass is 9.87. The second kappa shape index (κ2) is 6.53. The fraction of sp³-hybridized carbons (Fsp3) is 0.412. The van der Waals surface area contributed by atoms with Gasteiger partial charge < -0.3 is 5.11 Å². The van der Waals surface area contributed by atoms with Crippen molar-refractivity contribution in [2.24, 2.45) is 5.92 Å². The highest BCUT2D eigenvalue weighted by Gasteiger charge is 2.26. The largest absolute Gasteiger partial charge is 0.388 e. The van der Waals surface area contributed by atoms with Crippen LogP contribution in [0.2, 0.25) is 0 Å². The minimum atomic E-state index is -0.306. The molecule has 1 unspecified atom stereocenters. The molecule has 3 rings (SSSR count). The van der Waals surface area contributed by atoms with Crippen molar-refractivity contribution in [2.45, 2.75) is 25.5 Å². The summed E-state index contributed by atoms with van der Waals surface area (Å²) in [4.78, 5) is 2.50. The number of rotatable bonds is 4. The van der Waals surface area contributed by atoms with Crippen molar-refractivity contribution >= 4 is 11.3 Å². The molecule has 0 aliphatic carbocycles. The van der Waals surface area contributed by atoms with E-state index in [2.05, 4.69) is 21.7 Å². The summed E-state index contributed by atoms with van der Waals surface area (Å²) >= 11 is 1.76. The standard InChI is InChI=1S/C17H21NOS/c19-17(15-4-2-1-3-5-15)16-6-9-18(10-7-16)12-14-8-11-20-13-14/h1-5,8,11,13,16-17,19H,6-7,9-10,12H2. The number of thiophene rings is 1. The lowest BCUT2D eigenvalue weighted by Gasteiger charge is -2.34. The van der Waals surface area contributed by atoms with Crippen LogP contribution in [0.5, 0.6) is 0 Å². The Morgan fingerprint density at radius 2 is 1.90 bits per heavy atom. The summed E-state index contributed by atoms with van der Waals surface area (Å²) in [7, 11) is 0. The first-order valence-electron chi connectivity index (χ1n) is 7.29. The van der Waals surface area contributed by atoms with Gasteiger partial charge in [0, 0.05) is 6.54 Å². The van der Waals surface area contributed by atoms with E-state index in [1.807, 2.05) is 30.3 Å². The number of likely N-dealkylation sites (tertiary alicyclic amines) is 1. The molecule has 0 saturated carbocycles. The van der Waals surface area contributed by atoms with E-state index in [-0.39, 0.29) is 6.10 Å². The van der Waals surface area contributed by atoms with Crippen LogP contribution in [0.4, 0.5) is 0 Å². The molecule has 0 radical (unpaired) electrons. The molecule has 2 nitrogen and oxygen atoms in total. The van der Waals surface area contributed by atoms with Gasteiger partial charge in [0.05, 0.1) is 6.10 Å². The van der Waals surface area contributed by atoms with Crippen LogP contribution >= 0.6 is 11.3 Å². The zero-order valence-corrected chi connectivity index (χ0v) is 12.4. The van der Waals surface area contributed by atoms with E-state index in [4.69, 9.17) is 0 Å². The second-order valence-electron chi connectivity index (χ2n) is 5.60. The summed E-state index contributed by atoms with van der Waals surface area (Å²) in [6.07, 6.45) is 1.86. The fourth-order valence-corrected chi connectivity index (χ4v) is 3.65. The summed E-state index contributed by atoms with van der Waals surface area (Å²) < 4.78 is 0. The van der Waals surface area contributed by atoms with Crippen molar-refractivity contribution in [1.82, 2.24) is 4.90 Å². The van der Waals surface area contributed by atoms with E-state index in [1.54, 1.807) is 11.3 Å². The van der Waals surface area contributed by atoms with Gasteiger partial charge in [-0.25, -0.2) is 0 Å². The highest BCUT2D eigenvalue weighted by Crippen LogP contribution is 2.31. The average Bonchev–Trinajstić information content (AvgIpc) is 3.01. The predicted molar refractivity (Wildman–Crippen MR) is 83.7 cm³/mol. The van der Waals surface area contributed by atoms with Crippen LogP contribution in [0.25, 0.3) is 0 Å². The smallest absolute Gasteiger partial charge is 0.0819 e. The van der Waals surface area contributed by atoms with Crippen LogP contribution in [0, 0.1) is 5.92 Å². The third-order valence-corrected chi connectivity index (χ3v) is 4.94. The van der Waals surface area contributed by atoms with Gasteiger partial charge in [-0.15, -0.1) is 0 Å². The molecule has 1 aliphatic rings. The van der Waals surface area contributed by atoms with Crippen molar-refractivity contribution in [3.05, 3.63) is 58.3 Å². The summed E-state index contributed by atoms with van der Waals surface area (Å²) in [6.45, 7) is 3.23. The monoisotopic (exact) mass is 287 g/mol. The van der Waals surface area contributed by atoms with Gasteiger partial charge >= 0.3 is 0 Å². The molecule has 1 saturated heterocycles. The van der Waals surface area contributed by atoms with Crippen LogP contribution in [0.1, 0.15) is 30.1 Å². The molecule has 0 bridgehead atoms. The number of benzene rings is 1. The van der Waals surface area contributed by atoms with Crippen LogP contribution in [-0.4, -0.2) is 23.1 Å². The normalized spacial score (nSPS) is 19.1. The Labute approximate surface area is 124 Å². The van der Waals surface area contributed by atoms with Crippen molar-refractivity contribution in [3.8, 4) is 0 Å². The Bertz CT molecular complexity index is 503. The van der Waals surface area contributed by atoms with Gasteiger partial charge in [-0.3, -0.25) is 4.90 Å². The molecule has 106 valence electrons. The van der Waals surface area contributed by atoms with Gasteiger partial charge in [0.25, 0.3) is 0 Å². The number of piperidine rings is 1. The van der Waals surface area contributed by atoms with Crippen molar-refractivity contribution in [3.63, 3.8) is 0 Å². The van der Waals surface area contributed by atoms with Gasteiger partial charge in [0.2, 0.25) is 0 Å². The van der Waals surface area contributed by atoms with Crippen LogP contribution in [-0.2, 0) is 6.54 Å². The molecule has 1 aliphatic heterocycles. The molecule has 2 aromatic rings. The first-order chi connectivity index (χ1) is 9.83. The van der Waals surface area contributed by atoms with Gasteiger partial charge in [-0.1, -0.05) is 30.3 Å². The predicted octanol–water partition coefficient (Wildman–Crippen LogP) is 3.69. The second-order valence-corrected chi connectivity index (χ2v) is 6.38. The minimum Gasteiger partial charge on any atom is -0.388 e. The van der Waals surface area contributed by atoms with Crippen LogP contribution in [0.3, 0.4) is 0 Å². The zero-order valence-electron chi connectivity index (χ0n) is 11.6. The maximum Gasteiger partial charge on any atom is 0.0819 e. The topological polar surface area (TPSA) is 23.5 Å². The molecule has 1 aromatic carbocycles. The number of aliphatic hydroxyl groups is 1. The average molecular weight is 287 g/mol. The molecular weight excluding hydrogens is 266 g/mol. The first-order valence-corrected chi connectivity index (χ1v) is 8.23. The van der Waals surface area contributed by atoms with Crippen molar-refractivity contribution in [2.75, 3.05) is 13.1 Å². The molecule has 20 heavy (non-hydrogen) atoms. The van der Waals surface area contributed by atoms with Gasteiger partial charge in [-0.05, 0) is 59.8 Å². The van der Waals surface area contributed by atoms with E-state index in [9.17, 15) is 5.11 Å². The SMILES string of the molecule is OC(c1ccccc1)C1CCN(Cc2ccsc2)CC1. The molecule has 1 N–H and O–H groups in total. The molecule has 0 spiro atoms. The van der Waals surface area contributed by atoms with E-state index < -0.39 is 0 Å². The fourth-order valence-electron chi connectivity index (χ4n) is 2.99. The highest BCUT2D eigenvalue weighted by molar-refractivity contribution is 7.07. The summed E-state index contributed by atoms with van der Waals surface area (Å²) in [5, 5.41) is 14.8. The zero-order chi connectivity index (χ0) is 13.8.